The minimum atomic E-state index is -4.69. The van der Waals surface area contributed by atoms with E-state index < -0.39 is 17.8 Å². The largest absolute Gasteiger partial charge is 0.435 e. The third-order valence-electron chi connectivity index (χ3n) is 5.62. The predicted molar refractivity (Wildman–Crippen MR) is 119 cm³/mol. The molecule has 180 valence electrons. The molecule has 7 nitrogen and oxygen atoms in total. The summed E-state index contributed by atoms with van der Waals surface area (Å²) in [6, 6.07) is 6.98. The first-order chi connectivity index (χ1) is 15.7. The highest BCUT2D eigenvalue weighted by atomic mass is 35.5. The van der Waals surface area contributed by atoms with Crippen molar-refractivity contribution in [3.8, 4) is 5.69 Å². The zero-order chi connectivity index (χ0) is 24.0. The van der Waals surface area contributed by atoms with Crippen LogP contribution in [0.3, 0.4) is 0 Å². The van der Waals surface area contributed by atoms with Crippen LogP contribution in [0.1, 0.15) is 29.0 Å². The molecule has 1 aromatic heterocycles. The molecule has 0 unspecified atom stereocenters. The van der Waals surface area contributed by atoms with Crippen molar-refractivity contribution >= 4 is 23.8 Å². The normalized spacial score (nSPS) is 17.5. The molecule has 0 atom stereocenters. The van der Waals surface area contributed by atoms with Gasteiger partial charge in [-0.1, -0.05) is 23.7 Å². The molecule has 0 N–H and O–H groups in total. The summed E-state index contributed by atoms with van der Waals surface area (Å²) < 4.78 is 40.4. The molecule has 1 aromatic carbocycles. The lowest BCUT2D eigenvalue weighted by molar-refractivity contribution is -0.141. The van der Waals surface area contributed by atoms with E-state index in [0.29, 0.717) is 26.2 Å². The van der Waals surface area contributed by atoms with Crippen LogP contribution in [0.2, 0.25) is 5.02 Å². The summed E-state index contributed by atoms with van der Waals surface area (Å²) in [7, 11) is 2.17. The van der Waals surface area contributed by atoms with Gasteiger partial charge in [-0.3, -0.25) is 9.69 Å². The predicted octanol–water partition coefficient (Wildman–Crippen LogP) is 3.21. The van der Waals surface area contributed by atoms with Crippen molar-refractivity contribution in [1.29, 1.82) is 0 Å². The number of aromatic nitrogens is 2. The summed E-state index contributed by atoms with van der Waals surface area (Å²) in [6.07, 6.45) is -1.09. The first-order valence-corrected chi connectivity index (χ1v) is 11.1. The van der Waals surface area contributed by atoms with Crippen molar-refractivity contribution < 1.29 is 22.8 Å². The Hall–Kier alpha value is -2.43. The zero-order valence-corrected chi connectivity index (χ0v) is 19.1. The fourth-order valence-electron chi connectivity index (χ4n) is 3.76. The number of hydrogen-bond acceptors (Lipinski definition) is 5. The molecule has 33 heavy (non-hydrogen) atoms. The maximum atomic E-state index is 13.2. The van der Waals surface area contributed by atoms with E-state index in [1.54, 1.807) is 12.1 Å². The van der Waals surface area contributed by atoms with Gasteiger partial charge in [0.1, 0.15) is 12.0 Å². The van der Waals surface area contributed by atoms with Gasteiger partial charge in [0, 0.05) is 32.2 Å². The maximum Gasteiger partial charge on any atom is 0.435 e. The number of halogens is 4. The SMILES string of the molecule is CN1CCCC1.O=CCN1CCN(C(=O)c2cc(C(F)(F)F)nn2-c2ccccc2Cl)CC1. The molecule has 11 heteroatoms. The summed E-state index contributed by atoms with van der Waals surface area (Å²) in [4.78, 5) is 29.1. The number of benzene rings is 1. The zero-order valence-electron chi connectivity index (χ0n) is 18.4. The van der Waals surface area contributed by atoms with E-state index in [9.17, 15) is 22.8 Å². The lowest BCUT2D eigenvalue weighted by Gasteiger charge is -2.33. The van der Waals surface area contributed by atoms with Gasteiger partial charge < -0.3 is 14.6 Å². The van der Waals surface area contributed by atoms with Crippen LogP contribution in [0.4, 0.5) is 13.2 Å². The summed E-state index contributed by atoms with van der Waals surface area (Å²) in [6.45, 7) is 4.45. The van der Waals surface area contributed by atoms with Crippen LogP contribution in [0.15, 0.2) is 30.3 Å². The first kappa shape index (κ1) is 25.2. The Kier molecular flexibility index (Phi) is 8.50. The molecule has 2 aliphatic rings. The average molecular weight is 486 g/mol. The number of rotatable bonds is 4. The lowest BCUT2D eigenvalue weighted by Crippen LogP contribution is -2.49. The number of amides is 1. The molecule has 0 radical (unpaired) electrons. The highest BCUT2D eigenvalue weighted by Crippen LogP contribution is 2.31. The molecule has 2 aromatic rings. The number of likely N-dealkylation sites (tertiary alicyclic amines) is 1. The van der Waals surface area contributed by atoms with E-state index in [2.05, 4.69) is 17.0 Å². The van der Waals surface area contributed by atoms with Crippen molar-refractivity contribution in [3.05, 3.63) is 46.7 Å². The van der Waals surface area contributed by atoms with Gasteiger partial charge in [-0.25, -0.2) is 4.68 Å². The molecule has 0 spiro atoms. The minimum absolute atomic E-state index is 0.180. The van der Waals surface area contributed by atoms with Crippen LogP contribution >= 0.6 is 11.6 Å². The number of carbonyl (C=O) groups excluding carboxylic acids is 2. The van der Waals surface area contributed by atoms with Gasteiger partial charge in [-0.2, -0.15) is 18.3 Å². The number of hydrogen-bond donors (Lipinski definition) is 0. The number of carbonyl (C=O) groups is 2. The number of alkyl halides is 3. The van der Waals surface area contributed by atoms with Gasteiger partial charge in [-0.15, -0.1) is 0 Å². The van der Waals surface area contributed by atoms with Gasteiger partial charge in [0.25, 0.3) is 5.91 Å². The number of nitrogens with zero attached hydrogens (tertiary/aromatic N) is 5. The van der Waals surface area contributed by atoms with Gasteiger partial charge in [0.05, 0.1) is 17.3 Å². The summed E-state index contributed by atoms with van der Waals surface area (Å²) in [5.74, 6) is -0.566. The van der Waals surface area contributed by atoms with Crippen molar-refractivity contribution in [3.63, 3.8) is 0 Å². The molecule has 2 aliphatic heterocycles. The van der Waals surface area contributed by atoms with E-state index in [0.717, 1.165) is 17.0 Å². The molecule has 0 saturated carbocycles. The summed E-state index contributed by atoms with van der Waals surface area (Å²) in [5.41, 5.74) is -1.18. The van der Waals surface area contributed by atoms with Gasteiger partial charge in [-0.05, 0) is 45.1 Å². The first-order valence-electron chi connectivity index (χ1n) is 10.8. The Balaban J connectivity index is 0.000000442. The monoisotopic (exact) mass is 485 g/mol. The van der Waals surface area contributed by atoms with Gasteiger partial charge in [0.2, 0.25) is 0 Å². The van der Waals surface area contributed by atoms with Crippen LogP contribution in [0.5, 0.6) is 0 Å². The van der Waals surface area contributed by atoms with Crippen molar-refractivity contribution in [2.45, 2.75) is 19.0 Å². The molecule has 2 fully saturated rings. The fraction of sp³-hybridized carbons (Fsp3) is 0.500. The van der Waals surface area contributed by atoms with Gasteiger partial charge in [0.15, 0.2) is 5.69 Å². The highest BCUT2D eigenvalue weighted by Gasteiger charge is 2.37. The average Bonchev–Trinajstić information content (AvgIpc) is 3.44. The second-order valence-electron chi connectivity index (χ2n) is 8.05. The number of para-hydroxylation sites is 1. The van der Waals surface area contributed by atoms with E-state index in [-0.39, 0.29) is 22.9 Å². The fourth-order valence-corrected chi connectivity index (χ4v) is 3.97. The molecule has 1 amide bonds. The van der Waals surface area contributed by atoms with Crippen LogP contribution in [0, 0.1) is 0 Å². The van der Waals surface area contributed by atoms with Gasteiger partial charge >= 0.3 is 6.18 Å². The smallest absolute Gasteiger partial charge is 0.335 e. The van der Waals surface area contributed by atoms with Crippen molar-refractivity contribution in [1.82, 2.24) is 24.5 Å². The van der Waals surface area contributed by atoms with Crippen molar-refractivity contribution in [2.75, 3.05) is 52.9 Å². The highest BCUT2D eigenvalue weighted by molar-refractivity contribution is 6.32. The molecule has 2 saturated heterocycles. The quantitative estimate of drug-likeness (QED) is 0.622. The summed E-state index contributed by atoms with van der Waals surface area (Å²) in [5, 5.41) is 3.76. The van der Waals surface area contributed by atoms with E-state index in [1.165, 1.54) is 43.0 Å². The van der Waals surface area contributed by atoms with Crippen LogP contribution in [-0.2, 0) is 11.0 Å². The number of aldehydes is 1. The Morgan fingerprint density at radius 2 is 1.73 bits per heavy atom. The Labute approximate surface area is 195 Å². The third kappa shape index (κ3) is 6.55. The molecular weight excluding hydrogens is 459 g/mol. The van der Waals surface area contributed by atoms with Crippen LogP contribution in [0.25, 0.3) is 5.69 Å². The summed E-state index contributed by atoms with van der Waals surface area (Å²) >= 11 is 6.09. The third-order valence-corrected chi connectivity index (χ3v) is 5.94. The lowest BCUT2D eigenvalue weighted by atomic mass is 10.2. The molecule has 3 heterocycles. The van der Waals surface area contributed by atoms with Crippen LogP contribution < -0.4 is 0 Å². The molecule has 4 rings (SSSR count). The van der Waals surface area contributed by atoms with E-state index in [4.69, 9.17) is 11.6 Å². The van der Waals surface area contributed by atoms with Crippen molar-refractivity contribution in [2.24, 2.45) is 0 Å². The standard InChI is InChI=1S/C17H16ClF3N4O2.C5H11N/c18-12-3-1-2-4-13(12)25-14(11-15(22-25)17(19,20)21)16(27)24-7-5-23(6-8-24)9-10-26;1-6-4-2-3-5-6/h1-4,10-11H,5-9H2;2-5H2,1H3. The number of piperazine rings is 1. The second kappa shape index (κ2) is 11.1. The van der Waals surface area contributed by atoms with E-state index >= 15 is 0 Å². The maximum absolute atomic E-state index is 13.2. The molecule has 0 aliphatic carbocycles. The Bertz CT molecular complexity index is 952. The van der Waals surface area contributed by atoms with Crippen LogP contribution in [-0.4, -0.2) is 89.5 Å². The van der Waals surface area contributed by atoms with E-state index in [1.807, 2.05) is 4.90 Å². The second-order valence-corrected chi connectivity index (χ2v) is 8.45. The Morgan fingerprint density at radius 3 is 2.24 bits per heavy atom. The Morgan fingerprint density at radius 1 is 1.09 bits per heavy atom. The topological polar surface area (TPSA) is 61.7 Å². The molecule has 0 bridgehead atoms. The minimum Gasteiger partial charge on any atom is -0.335 e. The molecular formula is C22H27ClF3N5O2.